The maximum Gasteiger partial charge on any atom is 0.216 e. The molecule has 144 valence electrons. The molecule has 0 fully saturated rings. The Kier molecular flexibility index (Phi) is 7.09. The average molecular weight is 391 g/mol. The summed E-state index contributed by atoms with van der Waals surface area (Å²) in [5.74, 6) is 0.729. The van der Waals surface area contributed by atoms with Gasteiger partial charge in [-0.25, -0.2) is 5.10 Å². The molecule has 0 amide bonds. The summed E-state index contributed by atoms with van der Waals surface area (Å²) in [6, 6.07) is 18.5. The van der Waals surface area contributed by atoms with Gasteiger partial charge in [0.1, 0.15) is 0 Å². The summed E-state index contributed by atoms with van der Waals surface area (Å²) < 4.78 is 2.19. The van der Waals surface area contributed by atoms with Gasteiger partial charge in [0.15, 0.2) is 5.82 Å². The molecule has 1 aromatic heterocycles. The first-order valence-electron chi connectivity index (χ1n) is 9.72. The minimum Gasteiger partial charge on any atom is -0.250 e. The second kappa shape index (κ2) is 9.95. The number of aromatic nitrogens is 3. The standard InChI is InChI=1S/C23H26N4S/c1-3-4-6-14-20(16-19-12-7-5-8-13-19)17-24-27-22(25-26-23(27)28)21-15-10-9-11-18(21)2/h5,7-13,15-17H,3-4,6,14H2,1-2H3,(H,26,28)/b20-16+,24-17-. The smallest absolute Gasteiger partial charge is 0.216 e. The lowest BCUT2D eigenvalue weighted by Crippen LogP contribution is -1.97. The predicted octanol–water partition coefficient (Wildman–Crippen LogP) is 6.41. The third kappa shape index (κ3) is 5.14. The van der Waals surface area contributed by atoms with Gasteiger partial charge >= 0.3 is 0 Å². The minimum absolute atomic E-state index is 0.488. The zero-order valence-electron chi connectivity index (χ0n) is 16.4. The van der Waals surface area contributed by atoms with E-state index in [2.05, 4.69) is 65.6 Å². The Labute approximate surface area is 171 Å². The first-order valence-corrected chi connectivity index (χ1v) is 10.1. The molecular weight excluding hydrogens is 364 g/mol. The molecule has 5 heteroatoms. The highest BCUT2D eigenvalue weighted by molar-refractivity contribution is 7.71. The van der Waals surface area contributed by atoms with Crippen LogP contribution >= 0.6 is 12.2 Å². The average Bonchev–Trinajstić information content (AvgIpc) is 3.07. The van der Waals surface area contributed by atoms with Gasteiger partial charge in [-0.1, -0.05) is 80.4 Å². The summed E-state index contributed by atoms with van der Waals surface area (Å²) >= 11 is 5.42. The summed E-state index contributed by atoms with van der Waals surface area (Å²) in [7, 11) is 0. The quantitative estimate of drug-likeness (QED) is 0.274. The molecule has 0 aliphatic carbocycles. The van der Waals surface area contributed by atoms with Crippen LogP contribution in [-0.4, -0.2) is 21.1 Å². The second-order valence-corrected chi connectivity index (χ2v) is 7.20. The summed E-state index contributed by atoms with van der Waals surface area (Å²) in [4.78, 5) is 0. The second-order valence-electron chi connectivity index (χ2n) is 6.81. The Morgan fingerprint density at radius 2 is 1.86 bits per heavy atom. The number of nitrogens with zero attached hydrogens (tertiary/aromatic N) is 3. The fourth-order valence-corrected chi connectivity index (χ4v) is 3.22. The molecule has 3 rings (SSSR count). The SMILES string of the molecule is CCCCCC(/C=N\n1c(-c2ccccc2C)n[nH]c1=S)=C\c1ccccc1. The van der Waals surface area contributed by atoms with Crippen LogP contribution in [0.15, 0.2) is 65.3 Å². The van der Waals surface area contributed by atoms with Gasteiger partial charge in [-0.3, -0.25) is 0 Å². The fraction of sp³-hybridized carbons (Fsp3) is 0.261. The van der Waals surface area contributed by atoms with Gasteiger partial charge < -0.3 is 0 Å². The third-order valence-corrected chi connectivity index (χ3v) is 4.86. The van der Waals surface area contributed by atoms with Crippen LogP contribution in [0.2, 0.25) is 0 Å². The monoisotopic (exact) mass is 390 g/mol. The molecule has 0 saturated heterocycles. The van der Waals surface area contributed by atoms with E-state index in [9.17, 15) is 0 Å². The van der Waals surface area contributed by atoms with E-state index < -0.39 is 0 Å². The van der Waals surface area contributed by atoms with Crippen molar-refractivity contribution in [2.75, 3.05) is 0 Å². The Balaban J connectivity index is 1.93. The third-order valence-electron chi connectivity index (χ3n) is 4.60. The zero-order valence-corrected chi connectivity index (χ0v) is 17.2. The topological polar surface area (TPSA) is 46.0 Å². The number of aryl methyl sites for hydroxylation is 1. The number of nitrogens with one attached hydrogen (secondary N) is 1. The summed E-state index contributed by atoms with van der Waals surface area (Å²) in [6.45, 7) is 4.28. The summed E-state index contributed by atoms with van der Waals surface area (Å²) in [5, 5.41) is 12.0. The van der Waals surface area contributed by atoms with E-state index in [1.165, 1.54) is 24.0 Å². The van der Waals surface area contributed by atoms with E-state index in [0.717, 1.165) is 29.8 Å². The van der Waals surface area contributed by atoms with Crippen LogP contribution in [0.25, 0.3) is 17.5 Å². The molecule has 0 unspecified atom stereocenters. The van der Waals surface area contributed by atoms with Gasteiger partial charge in [0.05, 0.1) is 6.21 Å². The molecule has 0 atom stereocenters. The molecule has 3 aromatic rings. The number of aromatic amines is 1. The lowest BCUT2D eigenvalue weighted by Gasteiger charge is -2.06. The van der Waals surface area contributed by atoms with Crippen molar-refractivity contribution in [2.45, 2.75) is 39.5 Å². The van der Waals surface area contributed by atoms with Crippen molar-refractivity contribution in [1.82, 2.24) is 14.9 Å². The molecule has 0 spiro atoms. The van der Waals surface area contributed by atoms with Crippen molar-refractivity contribution in [1.29, 1.82) is 0 Å². The van der Waals surface area contributed by atoms with E-state index in [1.54, 1.807) is 4.68 Å². The number of benzene rings is 2. The molecule has 0 aliphatic heterocycles. The molecule has 1 N–H and O–H groups in total. The largest absolute Gasteiger partial charge is 0.250 e. The van der Waals surface area contributed by atoms with Gasteiger partial charge in [0, 0.05) is 5.56 Å². The van der Waals surface area contributed by atoms with Gasteiger partial charge in [-0.15, -0.1) is 0 Å². The van der Waals surface area contributed by atoms with E-state index in [0.29, 0.717) is 4.77 Å². The molecule has 4 nitrogen and oxygen atoms in total. The normalized spacial score (nSPS) is 12.0. The van der Waals surface area contributed by atoms with Crippen LogP contribution in [0.4, 0.5) is 0 Å². The Morgan fingerprint density at radius 3 is 2.61 bits per heavy atom. The molecule has 0 radical (unpaired) electrons. The van der Waals surface area contributed by atoms with Crippen LogP contribution < -0.4 is 0 Å². The molecule has 1 heterocycles. The molecular formula is C23H26N4S. The van der Waals surface area contributed by atoms with Crippen LogP contribution in [0.3, 0.4) is 0 Å². The minimum atomic E-state index is 0.488. The number of allylic oxidation sites excluding steroid dienone is 1. The number of unbranched alkanes of at least 4 members (excludes halogenated alkanes) is 2. The Bertz CT molecular complexity index is 1010. The molecule has 0 aliphatic rings. The lowest BCUT2D eigenvalue weighted by molar-refractivity contribution is 0.723. The number of hydrogen-bond acceptors (Lipinski definition) is 3. The fourth-order valence-electron chi connectivity index (χ4n) is 3.05. The number of hydrogen-bond donors (Lipinski definition) is 1. The van der Waals surface area contributed by atoms with Gasteiger partial charge in [-0.2, -0.15) is 14.9 Å². The predicted molar refractivity (Wildman–Crippen MR) is 120 cm³/mol. The van der Waals surface area contributed by atoms with Crippen molar-refractivity contribution >= 4 is 24.5 Å². The maximum absolute atomic E-state index is 5.42. The van der Waals surface area contributed by atoms with E-state index >= 15 is 0 Å². The van der Waals surface area contributed by atoms with Crippen LogP contribution in [0.5, 0.6) is 0 Å². The highest BCUT2D eigenvalue weighted by atomic mass is 32.1. The first-order chi connectivity index (χ1) is 13.7. The van der Waals surface area contributed by atoms with E-state index in [-0.39, 0.29) is 0 Å². The van der Waals surface area contributed by atoms with Gasteiger partial charge in [-0.05, 0) is 48.7 Å². The van der Waals surface area contributed by atoms with Crippen molar-refractivity contribution in [3.8, 4) is 11.4 Å². The Morgan fingerprint density at radius 1 is 1.11 bits per heavy atom. The lowest BCUT2D eigenvalue weighted by atomic mass is 10.1. The zero-order chi connectivity index (χ0) is 19.8. The van der Waals surface area contributed by atoms with E-state index in [4.69, 9.17) is 12.2 Å². The van der Waals surface area contributed by atoms with E-state index in [1.807, 2.05) is 30.5 Å². The number of H-pyrrole nitrogens is 1. The highest BCUT2D eigenvalue weighted by Crippen LogP contribution is 2.21. The van der Waals surface area contributed by atoms with Crippen LogP contribution in [0.1, 0.15) is 43.7 Å². The maximum atomic E-state index is 5.42. The highest BCUT2D eigenvalue weighted by Gasteiger charge is 2.10. The molecule has 0 bridgehead atoms. The van der Waals surface area contributed by atoms with Crippen molar-refractivity contribution in [3.05, 3.63) is 76.1 Å². The molecule has 0 saturated carbocycles. The summed E-state index contributed by atoms with van der Waals surface area (Å²) in [6.07, 6.45) is 8.63. The van der Waals surface area contributed by atoms with Crippen molar-refractivity contribution in [3.63, 3.8) is 0 Å². The summed E-state index contributed by atoms with van der Waals surface area (Å²) in [5.41, 5.74) is 4.51. The molecule has 2 aromatic carbocycles. The van der Waals surface area contributed by atoms with Gasteiger partial charge in [0.2, 0.25) is 4.77 Å². The van der Waals surface area contributed by atoms with Crippen LogP contribution in [-0.2, 0) is 0 Å². The first kappa shape index (κ1) is 20.0. The molecule has 28 heavy (non-hydrogen) atoms. The van der Waals surface area contributed by atoms with Gasteiger partial charge in [0.25, 0.3) is 0 Å². The van der Waals surface area contributed by atoms with Crippen molar-refractivity contribution < 1.29 is 0 Å². The Hall–Kier alpha value is -2.79. The van der Waals surface area contributed by atoms with Crippen LogP contribution in [0, 0.1) is 11.7 Å². The number of rotatable bonds is 8. The van der Waals surface area contributed by atoms with Crippen molar-refractivity contribution in [2.24, 2.45) is 5.10 Å².